The smallest absolute Gasteiger partial charge is 0.124 e. The Morgan fingerprint density at radius 2 is 1.72 bits per heavy atom. The van der Waals surface area contributed by atoms with Gasteiger partial charge in [-0.2, -0.15) is 0 Å². The Balaban J connectivity index is 2.43. The summed E-state index contributed by atoms with van der Waals surface area (Å²) in [4.78, 5) is 1.24. The number of thiophene rings is 1. The lowest BCUT2D eigenvalue weighted by Crippen LogP contribution is -2.12. The Morgan fingerprint density at radius 3 is 2.17 bits per heavy atom. The minimum absolute atomic E-state index is 0.0479. The van der Waals surface area contributed by atoms with Crippen LogP contribution in [0.1, 0.15) is 33.2 Å². The van der Waals surface area contributed by atoms with E-state index in [0.29, 0.717) is 0 Å². The highest BCUT2D eigenvalue weighted by Crippen LogP contribution is 2.32. The number of rotatable bonds is 3. The molecule has 1 unspecified atom stereocenters. The number of nitrogens with two attached hydrogens (primary N) is 1. The van der Waals surface area contributed by atoms with E-state index in [-0.39, 0.29) is 6.04 Å². The van der Waals surface area contributed by atoms with E-state index in [1.54, 1.807) is 18.4 Å². The molecule has 0 aliphatic rings. The van der Waals surface area contributed by atoms with Crippen molar-refractivity contribution in [1.82, 2.24) is 0 Å². The van der Waals surface area contributed by atoms with Gasteiger partial charge in [-0.25, -0.2) is 0 Å². The molecular formula is C15H19NOS. The third-order valence-corrected chi connectivity index (χ3v) is 4.33. The molecule has 0 saturated heterocycles. The van der Waals surface area contributed by atoms with Crippen LogP contribution >= 0.6 is 11.3 Å². The SMILES string of the molecule is COc1c(C)cc(C(N)c2sccc2C)cc1C. The van der Waals surface area contributed by atoms with E-state index in [1.165, 1.54) is 10.4 Å². The van der Waals surface area contributed by atoms with E-state index in [9.17, 15) is 0 Å². The minimum Gasteiger partial charge on any atom is -0.496 e. The van der Waals surface area contributed by atoms with Crippen LogP contribution in [0.2, 0.25) is 0 Å². The topological polar surface area (TPSA) is 35.2 Å². The summed E-state index contributed by atoms with van der Waals surface area (Å²) in [6.45, 7) is 6.22. The summed E-state index contributed by atoms with van der Waals surface area (Å²) in [7, 11) is 1.71. The maximum Gasteiger partial charge on any atom is 0.124 e. The molecule has 0 saturated carbocycles. The molecule has 2 nitrogen and oxygen atoms in total. The van der Waals surface area contributed by atoms with Gasteiger partial charge in [0.25, 0.3) is 0 Å². The lowest BCUT2D eigenvalue weighted by molar-refractivity contribution is 0.408. The normalized spacial score (nSPS) is 12.5. The first kappa shape index (κ1) is 13.1. The van der Waals surface area contributed by atoms with Gasteiger partial charge in [-0.3, -0.25) is 0 Å². The van der Waals surface area contributed by atoms with Crippen LogP contribution in [0.5, 0.6) is 5.75 Å². The van der Waals surface area contributed by atoms with Crippen molar-refractivity contribution < 1.29 is 4.74 Å². The number of ether oxygens (including phenoxy) is 1. The Labute approximate surface area is 112 Å². The highest BCUT2D eigenvalue weighted by atomic mass is 32.1. The molecular weight excluding hydrogens is 242 g/mol. The van der Waals surface area contributed by atoms with Crippen LogP contribution in [0.15, 0.2) is 23.6 Å². The van der Waals surface area contributed by atoms with Gasteiger partial charge in [0.05, 0.1) is 13.2 Å². The summed E-state index contributed by atoms with van der Waals surface area (Å²) >= 11 is 1.72. The minimum atomic E-state index is -0.0479. The van der Waals surface area contributed by atoms with Crippen molar-refractivity contribution in [2.75, 3.05) is 7.11 Å². The summed E-state index contributed by atoms with van der Waals surface area (Å²) in [6, 6.07) is 6.31. The molecule has 1 heterocycles. The Bertz CT molecular complexity index is 536. The molecule has 2 N–H and O–H groups in total. The third kappa shape index (κ3) is 2.28. The molecule has 1 atom stereocenters. The molecule has 18 heavy (non-hydrogen) atoms. The van der Waals surface area contributed by atoms with Crippen molar-refractivity contribution in [3.05, 3.63) is 50.7 Å². The number of hydrogen-bond donors (Lipinski definition) is 1. The molecule has 3 heteroatoms. The van der Waals surface area contributed by atoms with E-state index >= 15 is 0 Å². The molecule has 0 spiro atoms. The average molecular weight is 261 g/mol. The standard InChI is InChI=1S/C15H19NOS/c1-9-5-6-18-15(9)13(16)12-7-10(2)14(17-4)11(3)8-12/h5-8,13H,16H2,1-4H3. The number of hydrogen-bond acceptors (Lipinski definition) is 3. The van der Waals surface area contributed by atoms with Crippen LogP contribution in [0.25, 0.3) is 0 Å². The number of benzene rings is 1. The fraction of sp³-hybridized carbons (Fsp3) is 0.333. The van der Waals surface area contributed by atoms with E-state index < -0.39 is 0 Å². The molecule has 0 bridgehead atoms. The zero-order valence-electron chi connectivity index (χ0n) is 11.3. The maximum atomic E-state index is 6.36. The molecule has 0 aliphatic carbocycles. The van der Waals surface area contributed by atoms with Gasteiger partial charge in [0.2, 0.25) is 0 Å². The van der Waals surface area contributed by atoms with Crippen LogP contribution in [0.3, 0.4) is 0 Å². The Kier molecular flexibility index (Phi) is 3.73. The molecule has 1 aromatic carbocycles. The third-order valence-electron chi connectivity index (χ3n) is 3.23. The maximum absolute atomic E-state index is 6.36. The zero-order chi connectivity index (χ0) is 13.3. The van der Waals surface area contributed by atoms with Gasteiger partial charge in [-0.15, -0.1) is 11.3 Å². The first-order valence-electron chi connectivity index (χ1n) is 5.99. The summed E-state index contributed by atoms with van der Waals surface area (Å²) in [5, 5.41) is 2.09. The number of methoxy groups -OCH3 is 1. The Morgan fingerprint density at radius 1 is 1.11 bits per heavy atom. The largest absolute Gasteiger partial charge is 0.496 e. The zero-order valence-corrected chi connectivity index (χ0v) is 12.1. The quantitative estimate of drug-likeness (QED) is 0.913. The first-order valence-corrected chi connectivity index (χ1v) is 6.87. The molecule has 2 aromatic rings. The summed E-state index contributed by atoms with van der Waals surface area (Å²) in [5.74, 6) is 0.953. The van der Waals surface area contributed by atoms with Gasteiger partial charge in [0, 0.05) is 4.88 Å². The van der Waals surface area contributed by atoms with Crippen molar-refractivity contribution in [3.63, 3.8) is 0 Å². The van der Waals surface area contributed by atoms with Crippen LogP contribution in [-0.2, 0) is 0 Å². The van der Waals surface area contributed by atoms with Crippen molar-refractivity contribution in [2.45, 2.75) is 26.8 Å². The Hall–Kier alpha value is -1.32. The van der Waals surface area contributed by atoms with Crippen molar-refractivity contribution >= 4 is 11.3 Å². The van der Waals surface area contributed by atoms with Crippen LogP contribution in [0.4, 0.5) is 0 Å². The van der Waals surface area contributed by atoms with E-state index in [0.717, 1.165) is 22.4 Å². The van der Waals surface area contributed by atoms with Gasteiger partial charge in [-0.05, 0) is 54.5 Å². The summed E-state index contributed by atoms with van der Waals surface area (Å²) in [5.41, 5.74) is 11.0. The summed E-state index contributed by atoms with van der Waals surface area (Å²) in [6.07, 6.45) is 0. The predicted molar refractivity (Wildman–Crippen MR) is 77.6 cm³/mol. The van der Waals surface area contributed by atoms with E-state index in [4.69, 9.17) is 10.5 Å². The first-order chi connectivity index (χ1) is 8.54. The van der Waals surface area contributed by atoms with Crippen molar-refractivity contribution in [2.24, 2.45) is 5.73 Å². The van der Waals surface area contributed by atoms with Gasteiger partial charge < -0.3 is 10.5 Å². The molecule has 0 aliphatic heterocycles. The number of aryl methyl sites for hydroxylation is 3. The lowest BCUT2D eigenvalue weighted by atomic mass is 9.98. The molecule has 0 fully saturated rings. The van der Waals surface area contributed by atoms with Gasteiger partial charge >= 0.3 is 0 Å². The molecule has 96 valence electrons. The predicted octanol–water partition coefficient (Wildman–Crippen LogP) is 3.73. The monoisotopic (exact) mass is 261 g/mol. The second kappa shape index (κ2) is 5.12. The molecule has 1 aromatic heterocycles. The fourth-order valence-corrected chi connectivity index (χ4v) is 3.30. The van der Waals surface area contributed by atoms with Crippen molar-refractivity contribution in [3.8, 4) is 5.75 Å². The molecule has 0 radical (unpaired) electrons. The van der Waals surface area contributed by atoms with Gasteiger partial charge in [0.15, 0.2) is 0 Å². The van der Waals surface area contributed by atoms with Gasteiger partial charge in [0.1, 0.15) is 5.75 Å². The highest BCUT2D eigenvalue weighted by Gasteiger charge is 2.15. The summed E-state index contributed by atoms with van der Waals surface area (Å²) < 4.78 is 5.39. The second-order valence-electron chi connectivity index (χ2n) is 4.63. The average Bonchev–Trinajstić information content (AvgIpc) is 2.74. The molecule has 0 amide bonds. The van der Waals surface area contributed by atoms with Crippen molar-refractivity contribution in [1.29, 1.82) is 0 Å². The van der Waals surface area contributed by atoms with E-state index in [1.807, 2.05) is 0 Å². The second-order valence-corrected chi connectivity index (χ2v) is 5.58. The van der Waals surface area contributed by atoms with Gasteiger partial charge in [-0.1, -0.05) is 12.1 Å². The van der Waals surface area contributed by atoms with Crippen LogP contribution < -0.4 is 10.5 Å². The molecule has 2 rings (SSSR count). The van der Waals surface area contributed by atoms with Crippen LogP contribution in [0, 0.1) is 20.8 Å². The van der Waals surface area contributed by atoms with E-state index in [2.05, 4.69) is 44.4 Å². The highest BCUT2D eigenvalue weighted by molar-refractivity contribution is 7.10. The van der Waals surface area contributed by atoms with Crippen LogP contribution in [-0.4, -0.2) is 7.11 Å². The fourth-order valence-electron chi connectivity index (χ4n) is 2.34. The lowest BCUT2D eigenvalue weighted by Gasteiger charge is -2.16.